The van der Waals surface area contributed by atoms with E-state index in [0.29, 0.717) is 6.54 Å². The fourth-order valence-corrected chi connectivity index (χ4v) is 1.95. The molecule has 20 heavy (non-hydrogen) atoms. The summed E-state index contributed by atoms with van der Waals surface area (Å²) in [6, 6.07) is 18.0. The summed E-state index contributed by atoms with van der Waals surface area (Å²) in [5.74, 6) is -0.0309. The van der Waals surface area contributed by atoms with E-state index >= 15 is 0 Å². The average molecular weight is 268 g/mol. The van der Waals surface area contributed by atoms with Crippen LogP contribution in [0.25, 0.3) is 0 Å². The summed E-state index contributed by atoms with van der Waals surface area (Å²) >= 11 is 0. The molecule has 1 amide bonds. The van der Waals surface area contributed by atoms with E-state index < -0.39 is 0 Å². The van der Waals surface area contributed by atoms with E-state index in [1.807, 2.05) is 49.4 Å². The average Bonchev–Trinajstić information content (AvgIpc) is 2.48. The van der Waals surface area contributed by atoms with Gasteiger partial charge < -0.3 is 10.6 Å². The maximum absolute atomic E-state index is 11.9. The number of hydrogen-bond acceptors (Lipinski definition) is 2. The fraction of sp³-hybridized carbons (Fsp3) is 0.235. The van der Waals surface area contributed by atoms with Crippen molar-refractivity contribution in [1.82, 2.24) is 5.32 Å². The van der Waals surface area contributed by atoms with Crippen LogP contribution in [0.3, 0.4) is 0 Å². The maximum atomic E-state index is 11.9. The Hall–Kier alpha value is -2.13. The normalized spacial score (nSPS) is 11.9. The van der Waals surface area contributed by atoms with Crippen LogP contribution >= 0.6 is 0 Å². The fourth-order valence-electron chi connectivity index (χ4n) is 1.95. The van der Waals surface area contributed by atoms with Gasteiger partial charge in [0.05, 0.1) is 6.54 Å². The molecular weight excluding hydrogens is 248 g/mol. The summed E-state index contributed by atoms with van der Waals surface area (Å²) in [6.45, 7) is 4.37. The van der Waals surface area contributed by atoms with Crippen LogP contribution in [-0.4, -0.2) is 12.5 Å². The number of anilines is 1. The molecule has 2 aromatic rings. The summed E-state index contributed by atoms with van der Waals surface area (Å²) in [4.78, 5) is 11.9. The van der Waals surface area contributed by atoms with Crippen molar-refractivity contribution >= 4 is 11.6 Å². The van der Waals surface area contributed by atoms with E-state index in [9.17, 15) is 4.79 Å². The molecule has 1 atom stereocenters. The van der Waals surface area contributed by atoms with Gasteiger partial charge in [-0.1, -0.05) is 48.0 Å². The van der Waals surface area contributed by atoms with Gasteiger partial charge in [-0.05, 0) is 31.5 Å². The van der Waals surface area contributed by atoms with Crippen molar-refractivity contribution in [2.75, 3.05) is 11.9 Å². The quantitative estimate of drug-likeness (QED) is 0.873. The largest absolute Gasteiger partial charge is 0.325 e. The Kier molecular flexibility index (Phi) is 4.91. The summed E-state index contributed by atoms with van der Waals surface area (Å²) in [7, 11) is 0. The predicted octanol–water partition coefficient (Wildman–Crippen LogP) is 3.28. The molecule has 0 unspecified atom stereocenters. The molecule has 2 N–H and O–H groups in total. The van der Waals surface area contributed by atoms with Crippen LogP contribution in [0.4, 0.5) is 5.69 Å². The Morgan fingerprint density at radius 2 is 1.70 bits per heavy atom. The summed E-state index contributed by atoms with van der Waals surface area (Å²) in [5.41, 5.74) is 3.18. The molecule has 2 aromatic carbocycles. The third-order valence-electron chi connectivity index (χ3n) is 3.20. The smallest absolute Gasteiger partial charge is 0.238 e. The van der Waals surface area contributed by atoms with Gasteiger partial charge in [-0.3, -0.25) is 4.79 Å². The third kappa shape index (κ3) is 4.21. The lowest BCUT2D eigenvalue weighted by atomic mass is 10.1. The first-order valence-corrected chi connectivity index (χ1v) is 6.80. The molecule has 0 spiro atoms. The molecule has 0 aliphatic carbocycles. The minimum atomic E-state index is -0.0309. The lowest BCUT2D eigenvalue weighted by molar-refractivity contribution is -0.115. The van der Waals surface area contributed by atoms with Crippen LogP contribution in [0.1, 0.15) is 24.1 Å². The van der Waals surface area contributed by atoms with Gasteiger partial charge >= 0.3 is 0 Å². The van der Waals surface area contributed by atoms with Crippen LogP contribution in [0.5, 0.6) is 0 Å². The Labute approximate surface area is 120 Å². The molecule has 0 aliphatic rings. The van der Waals surface area contributed by atoms with E-state index in [4.69, 9.17) is 0 Å². The monoisotopic (exact) mass is 268 g/mol. The van der Waals surface area contributed by atoms with Gasteiger partial charge in [0, 0.05) is 11.7 Å². The zero-order chi connectivity index (χ0) is 14.4. The van der Waals surface area contributed by atoms with Gasteiger partial charge in [-0.2, -0.15) is 0 Å². The summed E-state index contributed by atoms with van der Waals surface area (Å²) < 4.78 is 0. The Bertz CT molecular complexity index is 549. The first-order chi connectivity index (χ1) is 9.65. The number of carbonyl (C=O) groups is 1. The van der Waals surface area contributed by atoms with Crippen molar-refractivity contribution in [3.8, 4) is 0 Å². The van der Waals surface area contributed by atoms with Gasteiger partial charge in [-0.15, -0.1) is 0 Å². The molecule has 0 fully saturated rings. The summed E-state index contributed by atoms with van der Waals surface area (Å²) in [5, 5.41) is 6.09. The second kappa shape index (κ2) is 6.87. The Balaban J connectivity index is 1.82. The second-order valence-electron chi connectivity index (χ2n) is 4.93. The number of carbonyl (C=O) groups excluding carboxylic acids is 1. The molecule has 0 aliphatic heterocycles. The van der Waals surface area contributed by atoms with E-state index in [1.165, 1.54) is 11.1 Å². The highest BCUT2D eigenvalue weighted by atomic mass is 16.1. The van der Waals surface area contributed by atoms with Crippen molar-refractivity contribution in [2.24, 2.45) is 0 Å². The number of aryl methyl sites for hydroxylation is 1. The van der Waals surface area contributed by atoms with Crippen molar-refractivity contribution in [2.45, 2.75) is 19.9 Å². The van der Waals surface area contributed by atoms with Crippen molar-refractivity contribution in [3.05, 3.63) is 65.7 Å². The lowest BCUT2D eigenvalue weighted by Crippen LogP contribution is -2.30. The number of amides is 1. The lowest BCUT2D eigenvalue weighted by Gasteiger charge is -2.14. The second-order valence-corrected chi connectivity index (χ2v) is 4.93. The minimum Gasteiger partial charge on any atom is -0.325 e. The number of benzene rings is 2. The van der Waals surface area contributed by atoms with Gasteiger partial charge in [0.15, 0.2) is 0 Å². The number of rotatable bonds is 5. The molecule has 2 rings (SSSR count). The van der Waals surface area contributed by atoms with Crippen LogP contribution in [0.2, 0.25) is 0 Å². The zero-order valence-corrected chi connectivity index (χ0v) is 11.9. The van der Waals surface area contributed by atoms with Crippen molar-refractivity contribution in [1.29, 1.82) is 0 Å². The van der Waals surface area contributed by atoms with Crippen LogP contribution < -0.4 is 10.6 Å². The molecule has 0 aromatic heterocycles. The maximum Gasteiger partial charge on any atom is 0.238 e. The van der Waals surface area contributed by atoms with Gasteiger partial charge in [0.2, 0.25) is 5.91 Å². The molecule has 0 saturated heterocycles. The minimum absolute atomic E-state index is 0.0309. The molecule has 104 valence electrons. The molecule has 0 radical (unpaired) electrons. The van der Waals surface area contributed by atoms with E-state index in [-0.39, 0.29) is 11.9 Å². The highest BCUT2D eigenvalue weighted by Gasteiger charge is 2.07. The SMILES string of the molecule is Cc1ccc(NC(=O)CN[C@H](C)c2ccccc2)cc1. The van der Waals surface area contributed by atoms with Crippen molar-refractivity contribution < 1.29 is 4.79 Å². The van der Waals surface area contributed by atoms with Gasteiger partial charge in [0.1, 0.15) is 0 Å². The third-order valence-corrected chi connectivity index (χ3v) is 3.20. The van der Waals surface area contributed by atoms with Crippen LogP contribution in [0.15, 0.2) is 54.6 Å². The molecule has 3 nitrogen and oxygen atoms in total. The predicted molar refractivity (Wildman–Crippen MR) is 82.7 cm³/mol. The van der Waals surface area contributed by atoms with Crippen molar-refractivity contribution in [3.63, 3.8) is 0 Å². The van der Waals surface area contributed by atoms with Gasteiger partial charge in [-0.25, -0.2) is 0 Å². The topological polar surface area (TPSA) is 41.1 Å². The van der Waals surface area contributed by atoms with Gasteiger partial charge in [0.25, 0.3) is 0 Å². The van der Waals surface area contributed by atoms with Crippen LogP contribution in [0, 0.1) is 6.92 Å². The molecule has 0 bridgehead atoms. The Morgan fingerprint density at radius 1 is 1.05 bits per heavy atom. The first kappa shape index (κ1) is 14.3. The van der Waals surface area contributed by atoms with Crippen LogP contribution in [-0.2, 0) is 4.79 Å². The highest BCUT2D eigenvalue weighted by molar-refractivity contribution is 5.92. The standard InChI is InChI=1S/C17H20N2O/c1-13-8-10-16(11-9-13)19-17(20)12-18-14(2)15-6-4-3-5-7-15/h3-11,14,18H,12H2,1-2H3,(H,19,20)/t14-/m1/s1. The number of hydrogen-bond donors (Lipinski definition) is 2. The molecule has 3 heteroatoms. The zero-order valence-electron chi connectivity index (χ0n) is 11.9. The van der Waals surface area contributed by atoms with E-state index in [1.54, 1.807) is 0 Å². The molecular formula is C17H20N2O. The first-order valence-electron chi connectivity index (χ1n) is 6.80. The highest BCUT2D eigenvalue weighted by Crippen LogP contribution is 2.11. The number of nitrogens with one attached hydrogen (secondary N) is 2. The van der Waals surface area contributed by atoms with E-state index in [0.717, 1.165) is 5.69 Å². The summed E-state index contributed by atoms with van der Waals surface area (Å²) in [6.07, 6.45) is 0. The molecule has 0 saturated carbocycles. The Morgan fingerprint density at radius 3 is 2.35 bits per heavy atom. The molecule has 0 heterocycles. The van der Waals surface area contributed by atoms with E-state index in [2.05, 4.69) is 29.7 Å².